The summed E-state index contributed by atoms with van der Waals surface area (Å²) in [6, 6.07) is 13.9. The highest BCUT2D eigenvalue weighted by Crippen LogP contribution is 2.58. The molecular formula is C41H52ClN3O5. The third kappa shape index (κ3) is 6.90. The van der Waals surface area contributed by atoms with Crippen LogP contribution in [0.4, 0.5) is 5.69 Å². The van der Waals surface area contributed by atoms with Crippen molar-refractivity contribution in [2.75, 3.05) is 39.2 Å². The minimum Gasteiger partial charge on any atom is -0.493 e. The number of pyridine rings is 1. The quantitative estimate of drug-likeness (QED) is 0.218. The number of carboxylic acids is 1. The number of anilines is 1. The van der Waals surface area contributed by atoms with Crippen LogP contribution in [0.1, 0.15) is 93.5 Å². The molecule has 0 bridgehead atoms. The highest BCUT2D eigenvalue weighted by Gasteiger charge is 2.54. The first-order valence-corrected chi connectivity index (χ1v) is 18.9. The van der Waals surface area contributed by atoms with E-state index in [2.05, 4.69) is 55.3 Å². The van der Waals surface area contributed by atoms with Gasteiger partial charge in [-0.05, 0) is 143 Å². The number of halogens is 1. The lowest BCUT2D eigenvalue weighted by molar-refractivity contribution is -0.144. The van der Waals surface area contributed by atoms with Crippen molar-refractivity contribution in [3.05, 3.63) is 76.1 Å². The minimum absolute atomic E-state index is 0.0673. The zero-order chi connectivity index (χ0) is 35.0. The van der Waals surface area contributed by atoms with Gasteiger partial charge in [-0.1, -0.05) is 31.5 Å². The maximum Gasteiger partial charge on any atom is 0.329 e. The van der Waals surface area contributed by atoms with Gasteiger partial charge in [-0.3, -0.25) is 4.98 Å². The molecule has 7 rings (SSSR count). The predicted octanol–water partition coefficient (Wildman–Crippen LogP) is 8.29. The summed E-state index contributed by atoms with van der Waals surface area (Å²) in [5.41, 5.74) is 4.58. The van der Waals surface area contributed by atoms with E-state index in [9.17, 15) is 9.90 Å². The van der Waals surface area contributed by atoms with Crippen molar-refractivity contribution in [1.29, 1.82) is 0 Å². The van der Waals surface area contributed by atoms with Crippen molar-refractivity contribution in [3.8, 4) is 17.2 Å². The number of carbonyl (C=O) groups is 1. The number of hydrogen-bond donors (Lipinski definition) is 2. The molecule has 2 N–H and O–H groups in total. The molecule has 2 heterocycles. The molecule has 0 amide bonds. The summed E-state index contributed by atoms with van der Waals surface area (Å²) < 4.78 is 19.5. The third-order valence-electron chi connectivity index (χ3n) is 11.9. The number of hydrogen-bond acceptors (Lipinski definition) is 7. The molecule has 0 radical (unpaired) electrons. The largest absolute Gasteiger partial charge is 0.493 e. The Kier molecular flexibility index (Phi) is 9.97. The standard InChI is InChI=1S/C41H52ClN3O5/c1-26(25-49-35-11-17-43-34-10-5-7-27(2)38(34)35)19-29-20-28-21-37-36(48-18-12-32(50-37)24-45(3)4)23-33(28)40(29)13-15-41(16-14-40,39(46)47)44-31-9-6-8-30(42)22-31/h6,8-9,11,17,21-23,26-27,29,32,44H,5,7,10,12-16,18-20,24-25H2,1-4H3,(H,46,47)/t26-,27-,29+,32-,40?,41?/m1/s1. The van der Waals surface area contributed by atoms with Gasteiger partial charge in [0.05, 0.1) is 13.2 Å². The minimum atomic E-state index is -1.07. The Bertz CT molecular complexity index is 1700. The Morgan fingerprint density at radius 3 is 2.72 bits per heavy atom. The summed E-state index contributed by atoms with van der Waals surface area (Å²) in [4.78, 5) is 19.8. The number of fused-ring (bicyclic) bond motifs is 4. The van der Waals surface area contributed by atoms with Gasteiger partial charge in [0.1, 0.15) is 17.4 Å². The molecule has 1 saturated carbocycles. The Hall–Kier alpha value is -3.49. The lowest BCUT2D eigenvalue weighted by Gasteiger charge is -2.47. The van der Waals surface area contributed by atoms with Gasteiger partial charge in [-0.2, -0.15) is 0 Å². The van der Waals surface area contributed by atoms with E-state index in [-0.39, 0.29) is 11.5 Å². The number of nitrogens with zero attached hydrogens (tertiary/aromatic N) is 2. The van der Waals surface area contributed by atoms with Crippen molar-refractivity contribution in [3.63, 3.8) is 0 Å². The van der Waals surface area contributed by atoms with Crippen molar-refractivity contribution >= 4 is 23.3 Å². The van der Waals surface area contributed by atoms with Gasteiger partial charge in [0.15, 0.2) is 11.5 Å². The summed E-state index contributed by atoms with van der Waals surface area (Å²) in [5.74, 6) is 2.91. The molecule has 4 aliphatic rings. The molecule has 4 atom stereocenters. The second-order valence-corrected chi connectivity index (χ2v) is 16.2. The summed E-state index contributed by atoms with van der Waals surface area (Å²) in [6.45, 7) is 6.66. The molecule has 3 aromatic rings. The van der Waals surface area contributed by atoms with Crippen LogP contribution >= 0.6 is 11.6 Å². The summed E-state index contributed by atoms with van der Waals surface area (Å²) in [6.07, 6.45) is 10.6. The molecule has 3 aliphatic carbocycles. The van der Waals surface area contributed by atoms with Crippen molar-refractivity contribution in [2.24, 2.45) is 11.8 Å². The average molecular weight is 702 g/mol. The van der Waals surface area contributed by atoms with Gasteiger partial charge in [0.2, 0.25) is 0 Å². The van der Waals surface area contributed by atoms with Gasteiger partial charge in [0.25, 0.3) is 0 Å². The first-order chi connectivity index (χ1) is 24.0. The molecular weight excluding hydrogens is 650 g/mol. The van der Waals surface area contributed by atoms with Gasteiger partial charge < -0.3 is 29.5 Å². The normalized spacial score (nSPS) is 27.7. The van der Waals surface area contributed by atoms with Crippen LogP contribution < -0.4 is 19.5 Å². The Morgan fingerprint density at radius 1 is 1.14 bits per heavy atom. The first-order valence-electron chi connectivity index (χ1n) is 18.5. The van der Waals surface area contributed by atoms with Gasteiger partial charge in [0, 0.05) is 41.1 Å². The highest BCUT2D eigenvalue weighted by molar-refractivity contribution is 6.30. The molecule has 268 valence electrons. The molecule has 9 heteroatoms. The summed E-state index contributed by atoms with van der Waals surface area (Å²) >= 11 is 6.29. The number of rotatable bonds is 10. The van der Waals surface area contributed by atoms with E-state index >= 15 is 0 Å². The summed E-state index contributed by atoms with van der Waals surface area (Å²) in [5, 5.41) is 14.7. The molecule has 1 aliphatic heterocycles. The fourth-order valence-electron chi connectivity index (χ4n) is 9.39. The van der Waals surface area contributed by atoms with Crippen LogP contribution in [0.25, 0.3) is 0 Å². The fourth-order valence-corrected chi connectivity index (χ4v) is 9.58. The molecule has 50 heavy (non-hydrogen) atoms. The number of nitrogens with one attached hydrogen (secondary N) is 1. The zero-order valence-corrected chi connectivity index (χ0v) is 30.7. The third-order valence-corrected chi connectivity index (χ3v) is 12.1. The average Bonchev–Trinajstić information content (AvgIpc) is 3.20. The Morgan fingerprint density at radius 2 is 1.96 bits per heavy atom. The fraction of sp³-hybridized carbons (Fsp3) is 0.561. The van der Waals surface area contributed by atoms with Crippen LogP contribution in [0.5, 0.6) is 17.2 Å². The SMILES string of the molecule is C[C@@H](COc1ccnc2c1[C@H](C)CCC2)C[C@H]1Cc2cc3c(cc2C12CCC(Nc1cccc(Cl)c1)(C(=O)O)CC2)OCC[C@H](CN(C)C)O3. The predicted molar refractivity (Wildman–Crippen MR) is 197 cm³/mol. The topological polar surface area (TPSA) is 93.2 Å². The van der Waals surface area contributed by atoms with Crippen molar-refractivity contribution in [2.45, 2.75) is 101 Å². The van der Waals surface area contributed by atoms with E-state index in [4.69, 9.17) is 25.8 Å². The number of aryl methyl sites for hydroxylation is 1. The Labute approximate surface area is 301 Å². The van der Waals surface area contributed by atoms with Gasteiger partial charge in [-0.25, -0.2) is 4.79 Å². The molecule has 1 fully saturated rings. The lowest BCUT2D eigenvalue weighted by Crippen LogP contribution is -2.53. The van der Waals surface area contributed by atoms with E-state index in [1.807, 2.05) is 36.5 Å². The molecule has 0 saturated heterocycles. The number of aromatic nitrogens is 1. The van der Waals surface area contributed by atoms with Crippen molar-refractivity contribution in [1.82, 2.24) is 9.88 Å². The van der Waals surface area contributed by atoms with Crippen molar-refractivity contribution < 1.29 is 24.1 Å². The van der Waals surface area contributed by atoms with E-state index in [0.29, 0.717) is 48.8 Å². The lowest BCUT2D eigenvalue weighted by atomic mass is 9.59. The van der Waals surface area contributed by atoms with Crippen LogP contribution in [0.2, 0.25) is 5.02 Å². The van der Waals surface area contributed by atoms with Gasteiger partial charge >= 0.3 is 5.97 Å². The number of ether oxygens (including phenoxy) is 3. The van der Waals surface area contributed by atoms with E-state index in [0.717, 1.165) is 68.0 Å². The highest BCUT2D eigenvalue weighted by atomic mass is 35.5. The zero-order valence-electron chi connectivity index (χ0n) is 30.0. The van der Waals surface area contributed by atoms with E-state index < -0.39 is 11.5 Å². The first kappa shape index (κ1) is 34.9. The molecule has 1 aromatic heterocycles. The molecule has 2 aromatic carbocycles. The second-order valence-electron chi connectivity index (χ2n) is 15.8. The monoisotopic (exact) mass is 701 g/mol. The number of benzene rings is 2. The van der Waals surface area contributed by atoms with Crippen LogP contribution in [0, 0.1) is 11.8 Å². The Balaban J connectivity index is 1.16. The van der Waals surface area contributed by atoms with Crippen LogP contribution in [0.15, 0.2) is 48.7 Å². The van der Waals surface area contributed by atoms with Gasteiger partial charge in [-0.15, -0.1) is 0 Å². The van der Waals surface area contributed by atoms with Crippen LogP contribution in [-0.2, 0) is 23.1 Å². The van der Waals surface area contributed by atoms with E-state index in [1.54, 1.807) is 0 Å². The maximum absolute atomic E-state index is 13.0. The summed E-state index contributed by atoms with van der Waals surface area (Å²) in [7, 11) is 4.15. The molecule has 0 unspecified atom stereocenters. The van der Waals surface area contributed by atoms with Crippen LogP contribution in [0.3, 0.4) is 0 Å². The second kappa shape index (κ2) is 14.3. The molecule has 8 nitrogen and oxygen atoms in total. The number of aliphatic carboxylic acids is 1. The number of carboxylic acid groups (broad SMARTS) is 1. The number of likely N-dealkylation sites (N-methyl/N-ethyl adjacent to an activating group) is 1. The molecule has 1 spiro atoms. The van der Waals surface area contributed by atoms with Crippen LogP contribution in [-0.4, -0.2) is 66.5 Å². The van der Waals surface area contributed by atoms with E-state index in [1.165, 1.54) is 35.2 Å². The smallest absolute Gasteiger partial charge is 0.329 e. The maximum atomic E-state index is 13.0.